The Hall–Kier alpha value is -2.53. The first-order valence-electron chi connectivity index (χ1n) is 6.89. The minimum Gasteiger partial charge on any atom is -0.493 e. The minimum absolute atomic E-state index is 0.434. The van der Waals surface area contributed by atoms with Crippen LogP contribution in [-0.2, 0) is 16.1 Å². The van der Waals surface area contributed by atoms with E-state index in [0.29, 0.717) is 17.9 Å². The van der Waals surface area contributed by atoms with E-state index in [1.54, 1.807) is 20.3 Å². The quantitative estimate of drug-likeness (QED) is 0.600. The molecule has 2 aromatic carbocycles. The maximum Gasteiger partial charge on any atom is 0.160 e. The summed E-state index contributed by atoms with van der Waals surface area (Å²) >= 11 is 0. The molecule has 1 N–H and O–H groups in total. The number of hydrogen-bond donors (Lipinski definition) is 1. The van der Waals surface area contributed by atoms with E-state index < -0.39 is 6.10 Å². The first kappa shape index (κ1) is 15.9. The summed E-state index contributed by atoms with van der Waals surface area (Å²) in [6.45, 7) is 0. The van der Waals surface area contributed by atoms with Gasteiger partial charge in [0.05, 0.1) is 19.9 Å². The molecule has 1 atom stereocenters. The molecule has 22 heavy (non-hydrogen) atoms. The van der Waals surface area contributed by atoms with E-state index in [1.165, 1.54) is 0 Å². The molecule has 0 aliphatic carbocycles. The van der Waals surface area contributed by atoms with Gasteiger partial charge in [0, 0.05) is 6.42 Å². The zero-order chi connectivity index (χ0) is 15.8. The lowest BCUT2D eigenvalue weighted by Gasteiger charge is -2.14. The summed E-state index contributed by atoms with van der Waals surface area (Å²) in [6, 6.07) is 14.9. The number of ether oxygens (including phenoxy) is 2. The van der Waals surface area contributed by atoms with Gasteiger partial charge in [-0.05, 0) is 29.8 Å². The lowest BCUT2D eigenvalue weighted by Crippen LogP contribution is -2.21. The Kier molecular flexibility index (Phi) is 5.80. The highest BCUT2D eigenvalue weighted by molar-refractivity contribution is 5.58. The maximum atomic E-state index is 11.2. The normalized spacial score (nSPS) is 11.5. The molecule has 0 amide bonds. The van der Waals surface area contributed by atoms with Crippen molar-refractivity contribution in [3.8, 4) is 11.5 Å². The average molecular weight is 301 g/mol. The van der Waals surface area contributed by atoms with Crippen molar-refractivity contribution in [2.75, 3.05) is 19.7 Å². The molecule has 0 fully saturated rings. The molecule has 0 heterocycles. The molecule has 0 saturated carbocycles. The molecule has 0 spiro atoms. The molecule has 5 nitrogen and oxygen atoms in total. The SMILES string of the molecule is COc1ccc(C[C@H](C=O)ONc2ccccc2)cc1OC. The van der Waals surface area contributed by atoms with Crippen LogP contribution in [0.5, 0.6) is 11.5 Å². The summed E-state index contributed by atoms with van der Waals surface area (Å²) < 4.78 is 10.4. The number of anilines is 1. The number of methoxy groups -OCH3 is 2. The lowest BCUT2D eigenvalue weighted by atomic mass is 10.1. The van der Waals surface area contributed by atoms with Crippen LogP contribution in [0.2, 0.25) is 0 Å². The Labute approximate surface area is 129 Å². The van der Waals surface area contributed by atoms with E-state index in [4.69, 9.17) is 14.3 Å². The molecule has 0 aromatic heterocycles. The van der Waals surface area contributed by atoms with Crippen molar-refractivity contribution in [1.29, 1.82) is 0 Å². The molecule has 2 aromatic rings. The van der Waals surface area contributed by atoms with Gasteiger partial charge in [-0.3, -0.25) is 10.3 Å². The van der Waals surface area contributed by atoms with E-state index in [9.17, 15) is 4.79 Å². The number of para-hydroxylation sites is 1. The predicted octanol–water partition coefficient (Wildman–Crippen LogP) is 2.86. The van der Waals surface area contributed by atoms with Gasteiger partial charge in [-0.2, -0.15) is 0 Å². The highest BCUT2D eigenvalue weighted by Gasteiger charge is 2.12. The monoisotopic (exact) mass is 301 g/mol. The van der Waals surface area contributed by atoms with E-state index in [2.05, 4.69) is 5.48 Å². The summed E-state index contributed by atoms with van der Waals surface area (Å²) in [4.78, 5) is 16.6. The Bertz CT molecular complexity index is 601. The third-order valence-electron chi connectivity index (χ3n) is 3.14. The summed E-state index contributed by atoms with van der Waals surface area (Å²) in [7, 11) is 3.16. The zero-order valence-electron chi connectivity index (χ0n) is 12.6. The molecule has 5 heteroatoms. The van der Waals surface area contributed by atoms with Gasteiger partial charge in [-0.15, -0.1) is 0 Å². The maximum absolute atomic E-state index is 11.2. The number of rotatable bonds is 8. The number of hydrogen-bond acceptors (Lipinski definition) is 5. The number of carbonyl (C=O) groups is 1. The highest BCUT2D eigenvalue weighted by atomic mass is 16.7. The largest absolute Gasteiger partial charge is 0.493 e. The summed E-state index contributed by atoms with van der Waals surface area (Å²) in [5.74, 6) is 1.28. The van der Waals surface area contributed by atoms with E-state index >= 15 is 0 Å². The van der Waals surface area contributed by atoms with E-state index in [-0.39, 0.29) is 0 Å². The zero-order valence-corrected chi connectivity index (χ0v) is 12.6. The molecule has 116 valence electrons. The van der Waals surface area contributed by atoms with Crippen LogP contribution in [0.3, 0.4) is 0 Å². The van der Waals surface area contributed by atoms with Crippen molar-refractivity contribution in [2.24, 2.45) is 0 Å². The molecular weight excluding hydrogens is 282 g/mol. The fraction of sp³-hybridized carbons (Fsp3) is 0.235. The van der Waals surface area contributed by atoms with Crippen molar-refractivity contribution < 1.29 is 19.1 Å². The number of benzene rings is 2. The predicted molar refractivity (Wildman–Crippen MR) is 84.3 cm³/mol. The lowest BCUT2D eigenvalue weighted by molar-refractivity contribution is -0.116. The van der Waals surface area contributed by atoms with Gasteiger partial charge in [0.25, 0.3) is 0 Å². The smallest absolute Gasteiger partial charge is 0.160 e. The Morgan fingerprint density at radius 2 is 1.77 bits per heavy atom. The van der Waals surface area contributed by atoms with Crippen molar-refractivity contribution in [3.05, 3.63) is 54.1 Å². The molecule has 0 saturated heterocycles. The topological polar surface area (TPSA) is 56.8 Å². The van der Waals surface area contributed by atoms with Crippen LogP contribution in [0.15, 0.2) is 48.5 Å². The van der Waals surface area contributed by atoms with Crippen LogP contribution in [0.25, 0.3) is 0 Å². The molecule has 2 rings (SSSR count). The number of carbonyl (C=O) groups excluding carboxylic acids is 1. The molecular formula is C17H19NO4. The molecule has 0 radical (unpaired) electrons. The molecule has 0 aliphatic heterocycles. The van der Waals surface area contributed by atoms with Crippen LogP contribution < -0.4 is 15.0 Å². The van der Waals surface area contributed by atoms with Crippen LogP contribution in [0.4, 0.5) is 5.69 Å². The van der Waals surface area contributed by atoms with Crippen LogP contribution >= 0.6 is 0 Å². The van der Waals surface area contributed by atoms with Crippen molar-refractivity contribution in [2.45, 2.75) is 12.5 Å². The first-order valence-corrected chi connectivity index (χ1v) is 6.89. The van der Waals surface area contributed by atoms with Crippen molar-refractivity contribution >= 4 is 12.0 Å². The highest BCUT2D eigenvalue weighted by Crippen LogP contribution is 2.28. The van der Waals surface area contributed by atoms with E-state index in [1.807, 2.05) is 42.5 Å². The number of nitrogens with one attached hydrogen (secondary N) is 1. The van der Waals surface area contributed by atoms with E-state index in [0.717, 1.165) is 17.5 Å². The van der Waals surface area contributed by atoms with Gasteiger partial charge in [0.2, 0.25) is 0 Å². The van der Waals surface area contributed by atoms with Crippen LogP contribution in [0.1, 0.15) is 5.56 Å². The number of aldehydes is 1. The summed E-state index contributed by atoms with van der Waals surface area (Å²) in [6.07, 6.45) is 0.606. The fourth-order valence-electron chi connectivity index (χ4n) is 2.01. The van der Waals surface area contributed by atoms with Crippen LogP contribution in [0, 0.1) is 0 Å². The second kappa shape index (κ2) is 8.05. The first-order chi connectivity index (χ1) is 10.8. The van der Waals surface area contributed by atoms with Gasteiger partial charge in [-0.1, -0.05) is 24.3 Å². The summed E-state index contributed by atoms with van der Waals surface area (Å²) in [5.41, 5.74) is 4.49. The second-order valence-corrected chi connectivity index (χ2v) is 4.65. The van der Waals surface area contributed by atoms with Crippen molar-refractivity contribution in [1.82, 2.24) is 0 Å². The second-order valence-electron chi connectivity index (χ2n) is 4.65. The molecule has 0 aliphatic rings. The Balaban J connectivity index is 1.99. The van der Waals surface area contributed by atoms with Gasteiger partial charge >= 0.3 is 0 Å². The van der Waals surface area contributed by atoms with Gasteiger partial charge < -0.3 is 14.3 Å². The standard InChI is InChI=1S/C17H19NO4/c1-20-16-9-8-13(11-17(16)21-2)10-15(12-19)22-18-14-6-4-3-5-7-14/h3-9,11-12,15,18H,10H2,1-2H3/t15-/m1/s1. The van der Waals surface area contributed by atoms with Gasteiger partial charge in [-0.25, -0.2) is 0 Å². The van der Waals surface area contributed by atoms with Crippen LogP contribution in [-0.4, -0.2) is 26.6 Å². The molecule has 0 bridgehead atoms. The molecule has 0 unspecified atom stereocenters. The fourth-order valence-corrected chi connectivity index (χ4v) is 2.01. The third kappa shape index (κ3) is 4.23. The Morgan fingerprint density at radius 3 is 2.41 bits per heavy atom. The van der Waals surface area contributed by atoms with Gasteiger partial charge in [0.1, 0.15) is 6.10 Å². The minimum atomic E-state index is -0.599. The van der Waals surface area contributed by atoms with Crippen molar-refractivity contribution in [3.63, 3.8) is 0 Å². The summed E-state index contributed by atoms with van der Waals surface area (Å²) in [5, 5.41) is 0. The third-order valence-corrected chi connectivity index (χ3v) is 3.14. The van der Waals surface area contributed by atoms with Gasteiger partial charge in [0.15, 0.2) is 17.8 Å². The average Bonchev–Trinajstić information content (AvgIpc) is 2.59. The Morgan fingerprint density at radius 1 is 1.05 bits per heavy atom.